The van der Waals surface area contributed by atoms with Gasteiger partial charge >= 0.3 is 0 Å². The van der Waals surface area contributed by atoms with Crippen LogP contribution in [0, 0.1) is 5.21 Å². The molecule has 0 aliphatic carbocycles. The highest BCUT2D eigenvalue weighted by molar-refractivity contribution is 6.12. The third-order valence-corrected chi connectivity index (χ3v) is 6.66. The third-order valence-electron chi connectivity index (χ3n) is 6.66. The molecule has 0 spiro atoms. The number of rotatable bonds is 3. The summed E-state index contributed by atoms with van der Waals surface area (Å²) < 4.78 is 16.6. The van der Waals surface area contributed by atoms with Gasteiger partial charge in [0.15, 0.2) is 11.5 Å². The van der Waals surface area contributed by atoms with Crippen LogP contribution >= 0.6 is 0 Å². The Morgan fingerprint density at radius 2 is 1.57 bits per heavy atom. The van der Waals surface area contributed by atoms with Crippen molar-refractivity contribution in [2.24, 2.45) is 0 Å². The number of hydrogen-bond acceptors (Lipinski definition) is 4. The minimum Gasteiger partial charge on any atom is -0.632 e. The first kappa shape index (κ1) is 17.6. The Hall–Kier alpha value is -2.50. The standard InChI is InChI=1S/C23H25NO4/c1-26-15-6-7-16-18(10-15)20-12-23(28-3)22(27-2)11-19(20)17-9-14-5-4-8-24(14,25)13-21(16)17/h6-7,10-12,14H,4-5,8-9,13H2,1-3H3/t14-,24+/m1/s1. The van der Waals surface area contributed by atoms with Crippen molar-refractivity contribution >= 4 is 21.5 Å². The number of hydrogen-bond donors (Lipinski definition) is 0. The van der Waals surface area contributed by atoms with E-state index in [0.717, 1.165) is 58.9 Å². The Balaban J connectivity index is 1.89. The van der Waals surface area contributed by atoms with Gasteiger partial charge in [0.25, 0.3) is 0 Å². The quantitative estimate of drug-likeness (QED) is 0.380. The normalized spacial score (nSPS) is 23.5. The summed E-state index contributed by atoms with van der Waals surface area (Å²) in [4.78, 5) is 0. The lowest BCUT2D eigenvalue weighted by Crippen LogP contribution is -2.49. The van der Waals surface area contributed by atoms with Gasteiger partial charge in [0, 0.05) is 24.8 Å². The lowest BCUT2D eigenvalue weighted by molar-refractivity contribution is -0.907. The van der Waals surface area contributed by atoms with Crippen LogP contribution in [-0.2, 0) is 13.0 Å². The maximum Gasteiger partial charge on any atom is 0.161 e. The summed E-state index contributed by atoms with van der Waals surface area (Å²) in [6.07, 6.45) is 2.86. The molecule has 3 aromatic carbocycles. The molecule has 5 nitrogen and oxygen atoms in total. The van der Waals surface area contributed by atoms with Crippen LogP contribution in [0.15, 0.2) is 30.3 Å². The number of nitrogens with zero attached hydrogens (tertiary/aromatic N) is 1. The van der Waals surface area contributed by atoms with Crippen molar-refractivity contribution in [3.05, 3.63) is 46.7 Å². The first-order valence-electron chi connectivity index (χ1n) is 9.83. The van der Waals surface area contributed by atoms with Gasteiger partial charge in [-0.05, 0) is 51.4 Å². The maximum atomic E-state index is 13.4. The Morgan fingerprint density at radius 1 is 0.857 bits per heavy atom. The zero-order chi connectivity index (χ0) is 19.5. The molecule has 5 heteroatoms. The van der Waals surface area contributed by atoms with E-state index in [2.05, 4.69) is 24.3 Å². The predicted molar refractivity (Wildman–Crippen MR) is 110 cm³/mol. The van der Waals surface area contributed by atoms with Crippen LogP contribution in [0.4, 0.5) is 0 Å². The second kappa shape index (κ2) is 6.26. The molecule has 2 aliphatic rings. The van der Waals surface area contributed by atoms with Crippen molar-refractivity contribution in [2.75, 3.05) is 27.9 Å². The molecule has 0 aromatic heterocycles. The summed E-state index contributed by atoms with van der Waals surface area (Å²) in [7, 11) is 5.00. The summed E-state index contributed by atoms with van der Waals surface area (Å²) in [6, 6.07) is 10.4. The Bertz CT molecular complexity index is 1090. The molecule has 0 unspecified atom stereocenters. The topological polar surface area (TPSA) is 50.8 Å². The van der Waals surface area contributed by atoms with Crippen molar-refractivity contribution in [3.63, 3.8) is 0 Å². The molecule has 5 rings (SSSR count). The number of fused-ring (bicyclic) bond motifs is 7. The van der Waals surface area contributed by atoms with Crippen molar-refractivity contribution < 1.29 is 18.9 Å². The van der Waals surface area contributed by atoms with Gasteiger partial charge in [0.2, 0.25) is 0 Å². The lowest BCUT2D eigenvalue weighted by atomic mass is 9.85. The van der Waals surface area contributed by atoms with Crippen LogP contribution in [0.2, 0.25) is 0 Å². The smallest absolute Gasteiger partial charge is 0.161 e. The summed E-state index contributed by atoms with van der Waals surface area (Å²) >= 11 is 0. The second-order valence-corrected chi connectivity index (χ2v) is 7.96. The molecule has 28 heavy (non-hydrogen) atoms. The highest BCUT2D eigenvalue weighted by Crippen LogP contribution is 2.46. The molecule has 3 aromatic rings. The third kappa shape index (κ3) is 2.39. The fourth-order valence-corrected chi connectivity index (χ4v) is 5.22. The number of ether oxygens (including phenoxy) is 3. The first-order valence-corrected chi connectivity index (χ1v) is 9.83. The van der Waals surface area contributed by atoms with Crippen LogP contribution in [0.5, 0.6) is 17.2 Å². The highest BCUT2D eigenvalue weighted by atomic mass is 16.5. The number of hydroxylamine groups is 3. The minimum atomic E-state index is -0.0765. The van der Waals surface area contributed by atoms with Crippen LogP contribution in [0.1, 0.15) is 24.0 Å². The minimum absolute atomic E-state index is 0.0765. The second-order valence-electron chi connectivity index (χ2n) is 7.96. The van der Waals surface area contributed by atoms with Crippen LogP contribution in [0.3, 0.4) is 0 Å². The largest absolute Gasteiger partial charge is 0.632 e. The van der Waals surface area contributed by atoms with Gasteiger partial charge in [0.05, 0.1) is 33.9 Å². The average Bonchev–Trinajstić information content (AvgIpc) is 3.11. The highest BCUT2D eigenvalue weighted by Gasteiger charge is 2.40. The van der Waals surface area contributed by atoms with Gasteiger partial charge in [-0.15, -0.1) is 0 Å². The summed E-state index contributed by atoms with van der Waals surface area (Å²) in [6.45, 7) is 1.28. The van der Waals surface area contributed by atoms with Crippen LogP contribution in [0.25, 0.3) is 21.5 Å². The molecule has 2 atom stereocenters. The molecule has 1 fully saturated rings. The molecular formula is C23H25NO4. The summed E-state index contributed by atoms with van der Waals surface area (Å²) in [5, 5.41) is 18.0. The molecule has 0 saturated carbocycles. The van der Waals surface area contributed by atoms with E-state index in [1.807, 2.05) is 6.07 Å². The summed E-state index contributed by atoms with van der Waals surface area (Å²) in [5.41, 5.74) is 2.48. The van der Waals surface area contributed by atoms with E-state index in [1.54, 1.807) is 21.3 Å². The molecule has 0 amide bonds. The monoisotopic (exact) mass is 379 g/mol. The van der Waals surface area contributed by atoms with Gasteiger partial charge in [-0.1, -0.05) is 6.07 Å². The van der Waals surface area contributed by atoms with Gasteiger partial charge in [-0.25, -0.2) is 0 Å². The van der Waals surface area contributed by atoms with E-state index in [-0.39, 0.29) is 10.7 Å². The van der Waals surface area contributed by atoms with E-state index >= 15 is 0 Å². The van der Waals surface area contributed by atoms with Gasteiger partial charge in [-0.2, -0.15) is 0 Å². The van der Waals surface area contributed by atoms with Crippen molar-refractivity contribution in [1.82, 2.24) is 0 Å². The zero-order valence-corrected chi connectivity index (χ0v) is 16.6. The average molecular weight is 379 g/mol. The van der Waals surface area contributed by atoms with Crippen molar-refractivity contribution in [2.45, 2.75) is 31.8 Å². The maximum absolute atomic E-state index is 13.4. The zero-order valence-electron chi connectivity index (χ0n) is 16.6. The van der Waals surface area contributed by atoms with E-state index in [0.29, 0.717) is 12.3 Å². The van der Waals surface area contributed by atoms with E-state index in [4.69, 9.17) is 14.2 Å². The molecular weight excluding hydrogens is 354 g/mol. The number of benzene rings is 3. The molecule has 0 bridgehead atoms. The first-order chi connectivity index (χ1) is 13.6. The molecule has 2 heterocycles. The fourth-order valence-electron chi connectivity index (χ4n) is 5.22. The molecule has 0 radical (unpaired) electrons. The lowest BCUT2D eigenvalue weighted by Gasteiger charge is -2.48. The molecule has 146 valence electrons. The fraction of sp³-hybridized carbons (Fsp3) is 0.391. The van der Waals surface area contributed by atoms with Gasteiger partial charge in [-0.3, -0.25) is 0 Å². The van der Waals surface area contributed by atoms with E-state index in [1.165, 1.54) is 11.1 Å². The van der Waals surface area contributed by atoms with E-state index in [9.17, 15) is 5.21 Å². The Labute approximate surface area is 164 Å². The van der Waals surface area contributed by atoms with Crippen LogP contribution < -0.4 is 14.2 Å². The van der Waals surface area contributed by atoms with Crippen LogP contribution in [-0.4, -0.2) is 38.6 Å². The van der Waals surface area contributed by atoms with E-state index < -0.39 is 0 Å². The summed E-state index contributed by atoms with van der Waals surface area (Å²) in [5.74, 6) is 2.24. The molecule has 0 N–H and O–H groups in total. The SMILES string of the molecule is COc1ccc2c3c(c4cc(OC)c(OC)cc4c2c1)C[C@H]1CCC[N@+]1([O-])C3. The molecule has 2 aliphatic heterocycles. The van der Waals surface area contributed by atoms with Crippen molar-refractivity contribution in [1.29, 1.82) is 0 Å². The Morgan fingerprint density at radius 3 is 2.29 bits per heavy atom. The number of quaternary nitrogens is 1. The molecule has 1 saturated heterocycles. The van der Waals surface area contributed by atoms with Crippen molar-refractivity contribution in [3.8, 4) is 17.2 Å². The van der Waals surface area contributed by atoms with Gasteiger partial charge < -0.3 is 24.1 Å². The van der Waals surface area contributed by atoms with Gasteiger partial charge in [0.1, 0.15) is 12.3 Å². The Kier molecular flexibility index (Phi) is 3.93. The predicted octanol–water partition coefficient (Wildman–Crippen LogP) is 4.55. The number of methoxy groups -OCH3 is 3.